The molecule has 1 amide bonds. The number of hydrogen-bond acceptors (Lipinski definition) is 7. The number of benzene rings is 1. The van der Waals surface area contributed by atoms with E-state index in [2.05, 4.69) is 15.3 Å². The minimum absolute atomic E-state index is 0.328. The summed E-state index contributed by atoms with van der Waals surface area (Å²) in [5, 5.41) is 3.91. The van der Waals surface area contributed by atoms with Crippen molar-refractivity contribution >= 4 is 34.2 Å². The molecule has 1 aromatic carbocycles. The number of cyclic esters (lactones) is 1. The smallest absolute Gasteiger partial charge is 0.416 e. The SMILES string of the molecule is O=C1OCCN1c1nc2c(s1)-c1nc(Nc3ccccc3)ncc1CC2. The van der Waals surface area contributed by atoms with Crippen LogP contribution in [0, 0.1) is 0 Å². The lowest BCUT2D eigenvalue weighted by atomic mass is 10.00. The third-order valence-electron chi connectivity index (χ3n) is 4.42. The molecule has 5 rings (SSSR count). The number of ether oxygens (including phenoxy) is 1. The van der Waals surface area contributed by atoms with Gasteiger partial charge in [-0.3, -0.25) is 0 Å². The van der Waals surface area contributed by atoms with Gasteiger partial charge in [0.15, 0.2) is 5.13 Å². The van der Waals surface area contributed by atoms with Crippen molar-refractivity contribution in [3.63, 3.8) is 0 Å². The van der Waals surface area contributed by atoms with Crippen LogP contribution >= 0.6 is 11.3 Å². The number of aryl methyl sites for hydroxylation is 2. The van der Waals surface area contributed by atoms with Gasteiger partial charge in [0.1, 0.15) is 6.61 Å². The van der Waals surface area contributed by atoms with Gasteiger partial charge in [0.2, 0.25) is 5.95 Å². The number of thiazole rings is 1. The van der Waals surface area contributed by atoms with Gasteiger partial charge >= 0.3 is 6.09 Å². The van der Waals surface area contributed by atoms with Gasteiger partial charge in [-0.2, -0.15) is 0 Å². The third-order valence-corrected chi connectivity index (χ3v) is 5.55. The fraction of sp³-hybridized carbons (Fsp3) is 0.222. The van der Waals surface area contributed by atoms with Crippen LogP contribution in [0.15, 0.2) is 36.5 Å². The molecule has 1 saturated heterocycles. The molecule has 2 aromatic heterocycles. The van der Waals surface area contributed by atoms with Crippen LogP contribution in [0.5, 0.6) is 0 Å². The number of para-hydroxylation sites is 1. The summed E-state index contributed by atoms with van der Waals surface area (Å²) in [5.74, 6) is 0.554. The van der Waals surface area contributed by atoms with Crippen molar-refractivity contribution < 1.29 is 9.53 Å². The first-order valence-electron chi connectivity index (χ1n) is 8.40. The number of nitrogens with zero attached hydrogens (tertiary/aromatic N) is 4. The van der Waals surface area contributed by atoms with Gasteiger partial charge < -0.3 is 10.1 Å². The van der Waals surface area contributed by atoms with Gasteiger partial charge in [-0.05, 0) is 30.5 Å². The molecule has 26 heavy (non-hydrogen) atoms. The van der Waals surface area contributed by atoms with Crippen molar-refractivity contribution in [2.45, 2.75) is 12.8 Å². The minimum atomic E-state index is -0.328. The predicted octanol–water partition coefficient (Wildman–Crippen LogP) is 3.40. The van der Waals surface area contributed by atoms with E-state index in [-0.39, 0.29) is 6.09 Å². The molecular weight excluding hydrogens is 350 g/mol. The first kappa shape index (κ1) is 15.3. The number of nitrogens with one attached hydrogen (secondary N) is 1. The second kappa shape index (κ2) is 6.06. The highest BCUT2D eigenvalue weighted by Crippen LogP contribution is 2.40. The monoisotopic (exact) mass is 365 g/mol. The molecule has 3 aromatic rings. The second-order valence-corrected chi connectivity index (χ2v) is 7.07. The van der Waals surface area contributed by atoms with Crippen molar-refractivity contribution in [1.82, 2.24) is 15.0 Å². The summed E-state index contributed by atoms with van der Waals surface area (Å²) < 4.78 is 5.02. The highest BCUT2D eigenvalue weighted by Gasteiger charge is 2.30. The second-order valence-electron chi connectivity index (χ2n) is 6.10. The molecule has 0 radical (unpaired) electrons. The Balaban J connectivity index is 1.51. The largest absolute Gasteiger partial charge is 0.447 e. The zero-order chi connectivity index (χ0) is 17.5. The van der Waals surface area contributed by atoms with Crippen molar-refractivity contribution in [2.24, 2.45) is 0 Å². The van der Waals surface area contributed by atoms with Gasteiger partial charge in [0.05, 0.1) is 22.8 Å². The zero-order valence-corrected chi connectivity index (χ0v) is 14.6. The molecule has 0 saturated carbocycles. The molecule has 0 atom stereocenters. The number of amides is 1. The standard InChI is InChI=1S/C18H15N5O2S/c24-18-23(8-9-25-18)17-21-13-7-6-11-10-19-16(22-14(11)15(13)26-17)20-12-4-2-1-3-5-12/h1-5,10H,6-9H2,(H,19,20,22). The topological polar surface area (TPSA) is 80.2 Å². The number of rotatable bonds is 3. The highest BCUT2D eigenvalue weighted by atomic mass is 32.1. The fourth-order valence-corrected chi connectivity index (χ4v) is 4.28. The van der Waals surface area contributed by atoms with Crippen LogP contribution in [-0.4, -0.2) is 34.2 Å². The van der Waals surface area contributed by atoms with Crippen LogP contribution < -0.4 is 10.2 Å². The van der Waals surface area contributed by atoms with Crippen LogP contribution in [0.1, 0.15) is 11.3 Å². The van der Waals surface area contributed by atoms with Crippen LogP contribution in [0.25, 0.3) is 10.6 Å². The first-order valence-corrected chi connectivity index (χ1v) is 9.22. The van der Waals surface area contributed by atoms with Gasteiger partial charge in [0, 0.05) is 11.9 Å². The van der Waals surface area contributed by atoms with Gasteiger partial charge in [-0.25, -0.2) is 24.6 Å². The van der Waals surface area contributed by atoms with Gasteiger partial charge in [0.25, 0.3) is 0 Å². The number of anilines is 3. The minimum Gasteiger partial charge on any atom is -0.447 e. The maximum atomic E-state index is 11.8. The van der Waals surface area contributed by atoms with E-state index in [1.807, 2.05) is 36.5 Å². The van der Waals surface area contributed by atoms with Crippen LogP contribution in [0.3, 0.4) is 0 Å². The molecule has 3 heterocycles. The van der Waals surface area contributed by atoms with Gasteiger partial charge in [-0.15, -0.1) is 0 Å². The van der Waals surface area contributed by atoms with E-state index in [0.717, 1.165) is 40.4 Å². The van der Waals surface area contributed by atoms with Crippen molar-refractivity contribution in [1.29, 1.82) is 0 Å². The van der Waals surface area contributed by atoms with E-state index in [1.165, 1.54) is 11.3 Å². The number of hydrogen-bond donors (Lipinski definition) is 1. The summed E-state index contributed by atoms with van der Waals surface area (Å²) in [4.78, 5) is 28.2. The number of carbonyl (C=O) groups is 1. The quantitative estimate of drug-likeness (QED) is 0.766. The Morgan fingerprint density at radius 3 is 2.85 bits per heavy atom. The maximum absolute atomic E-state index is 11.8. The predicted molar refractivity (Wildman–Crippen MR) is 99.0 cm³/mol. The van der Waals surface area contributed by atoms with Gasteiger partial charge in [-0.1, -0.05) is 29.5 Å². The lowest BCUT2D eigenvalue weighted by Crippen LogP contribution is -2.23. The highest BCUT2D eigenvalue weighted by molar-refractivity contribution is 7.19. The van der Waals surface area contributed by atoms with Crippen molar-refractivity contribution in [2.75, 3.05) is 23.4 Å². The maximum Gasteiger partial charge on any atom is 0.416 e. The normalized spacial score (nSPS) is 15.4. The summed E-state index contributed by atoms with van der Waals surface area (Å²) in [5.41, 5.74) is 3.93. The molecule has 2 aliphatic rings. The molecule has 0 unspecified atom stereocenters. The molecule has 1 fully saturated rings. The first-order chi connectivity index (χ1) is 12.8. The Bertz CT molecular complexity index is 989. The Kier molecular flexibility index (Phi) is 3.56. The van der Waals surface area contributed by atoms with E-state index in [9.17, 15) is 4.79 Å². The average Bonchev–Trinajstić information content (AvgIpc) is 3.28. The molecule has 0 spiro atoms. The Morgan fingerprint density at radius 2 is 2.04 bits per heavy atom. The summed E-state index contributed by atoms with van der Waals surface area (Å²) >= 11 is 1.49. The van der Waals surface area contributed by atoms with Crippen LogP contribution in [0.2, 0.25) is 0 Å². The molecular formula is C18H15N5O2S. The lowest BCUT2D eigenvalue weighted by Gasteiger charge is -2.14. The number of fused-ring (bicyclic) bond motifs is 3. The van der Waals surface area contributed by atoms with E-state index in [1.54, 1.807) is 4.90 Å². The summed E-state index contributed by atoms with van der Waals surface area (Å²) in [6.07, 6.45) is 3.23. The third kappa shape index (κ3) is 2.59. The molecule has 1 aliphatic carbocycles. The zero-order valence-electron chi connectivity index (χ0n) is 13.8. The summed E-state index contributed by atoms with van der Waals surface area (Å²) in [7, 11) is 0. The number of aromatic nitrogens is 3. The lowest BCUT2D eigenvalue weighted by molar-refractivity contribution is 0.181. The van der Waals surface area contributed by atoms with E-state index in [0.29, 0.717) is 24.2 Å². The fourth-order valence-electron chi connectivity index (χ4n) is 3.13. The Hall–Kier alpha value is -3.00. The number of carbonyl (C=O) groups excluding carboxylic acids is 1. The molecule has 0 bridgehead atoms. The molecule has 7 nitrogen and oxygen atoms in total. The summed E-state index contributed by atoms with van der Waals surface area (Å²) in [6.45, 7) is 0.954. The average molecular weight is 365 g/mol. The van der Waals surface area contributed by atoms with Crippen molar-refractivity contribution in [3.05, 3.63) is 47.8 Å². The van der Waals surface area contributed by atoms with E-state index >= 15 is 0 Å². The molecule has 1 aliphatic heterocycles. The molecule has 1 N–H and O–H groups in total. The Morgan fingerprint density at radius 1 is 1.15 bits per heavy atom. The summed E-state index contributed by atoms with van der Waals surface area (Å²) in [6, 6.07) is 9.83. The van der Waals surface area contributed by atoms with Crippen LogP contribution in [0.4, 0.5) is 21.6 Å². The van der Waals surface area contributed by atoms with Crippen molar-refractivity contribution in [3.8, 4) is 10.6 Å². The van der Waals surface area contributed by atoms with E-state index < -0.39 is 0 Å². The Labute approximate surface area is 153 Å². The molecule has 8 heteroatoms. The molecule has 130 valence electrons. The van der Waals surface area contributed by atoms with Crippen LogP contribution in [-0.2, 0) is 17.6 Å². The van der Waals surface area contributed by atoms with E-state index in [4.69, 9.17) is 9.72 Å².